The van der Waals surface area contributed by atoms with E-state index in [1.54, 1.807) is 0 Å². The summed E-state index contributed by atoms with van der Waals surface area (Å²) in [7, 11) is 0. The summed E-state index contributed by atoms with van der Waals surface area (Å²) in [5.41, 5.74) is 5.40. The molecule has 0 aromatic carbocycles. The van der Waals surface area contributed by atoms with Crippen molar-refractivity contribution in [3.8, 4) is 0 Å². The Morgan fingerprint density at radius 1 is 0.938 bits per heavy atom. The Kier molecular flexibility index (Phi) is 3.88. The highest BCUT2D eigenvalue weighted by Gasteiger charge is 2.49. The van der Waals surface area contributed by atoms with Crippen LogP contribution in [-0.4, -0.2) is 30.5 Å². The highest BCUT2D eigenvalue weighted by molar-refractivity contribution is 5.01. The van der Waals surface area contributed by atoms with E-state index in [0.29, 0.717) is 13.2 Å². The maximum Gasteiger partial charge on any atom is 0.0738 e. The molecular weight excluding hydrogens is 202 g/mol. The van der Waals surface area contributed by atoms with Crippen molar-refractivity contribution in [3.63, 3.8) is 0 Å². The van der Waals surface area contributed by atoms with Crippen LogP contribution in [-0.2, 0) is 4.74 Å². The zero-order valence-electron chi connectivity index (χ0n) is 10.2. The van der Waals surface area contributed by atoms with Gasteiger partial charge in [0.05, 0.1) is 5.60 Å². The zero-order chi connectivity index (χ0) is 11.5. The molecule has 0 amide bonds. The Bertz CT molecular complexity index is 216. The highest BCUT2D eigenvalue weighted by Crippen LogP contribution is 2.48. The molecule has 2 fully saturated rings. The summed E-state index contributed by atoms with van der Waals surface area (Å²) in [6.45, 7) is 2.12. The van der Waals surface area contributed by atoms with E-state index in [1.807, 2.05) is 0 Å². The number of nitrogens with two attached hydrogens (primary N) is 1. The molecule has 1 aliphatic heterocycles. The molecule has 2 rings (SSSR count). The molecule has 0 spiro atoms. The zero-order valence-corrected chi connectivity index (χ0v) is 10.2. The molecule has 0 aromatic rings. The van der Waals surface area contributed by atoms with E-state index >= 15 is 0 Å². The molecule has 94 valence electrons. The van der Waals surface area contributed by atoms with Gasteiger partial charge in [-0.3, -0.25) is 0 Å². The largest absolute Gasteiger partial charge is 0.389 e. The SMILES string of the molecule is NCC1(C2(O)CCCOCC2)CCCCC1. The maximum atomic E-state index is 11.0. The number of aliphatic hydroxyl groups is 1. The lowest BCUT2D eigenvalue weighted by molar-refractivity contribution is -0.110. The van der Waals surface area contributed by atoms with Gasteiger partial charge < -0.3 is 15.6 Å². The summed E-state index contributed by atoms with van der Waals surface area (Å²) in [5.74, 6) is 0. The predicted octanol–water partition coefficient (Wildman–Crippen LogP) is 1.83. The smallest absolute Gasteiger partial charge is 0.0738 e. The molecule has 1 heterocycles. The minimum atomic E-state index is -0.571. The van der Waals surface area contributed by atoms with Gasteiger partial charge >= 0.3 is 0 Å². The lowest BCUT2D eigenvalue weighted by Crippen LogP contribution is -2.53. The van der Waals surface area contributed by atoms with Crippen molar-refractivity contribution < 1.29 is 9.84 Å². The van der Waals surface area contributed by atoms with Gasteiger partial charge in [0.1, 0.15) is 0 Å². The van der Waals surface area contributed by atoms with E-state index in [-0.39, 0.29) is 5.41 Å². The second-order valence-corrected chi connectivity index (χ2v) is 5.54. The number of ether oxygens (including phenoxy) is 1. The molecule has 3 nitrogen and oxygen atoms in total. The molecule has 1 aliphatic carbocycles. The number of hydrogen-bond acceptors (Lipinski definition) is 3. The van der Waals surface area contributed by atoms with Crippen LogP contribution in [0, 0.1) is 5.41 Å². The van der Waals surface area contributed by atoms with Crippen LogP contribution in [0.1, 0.15) is 51.4 Å². The van der Waals surface area contributed by atoms with Gasteiger partial charge in [-0.2, -0.15) is 0 Å². The number of hydrogen-bond donors (Lipinski definition) is 2. The molecule has 3 N–H and O–H groups in total. The topological polar surface area (TPSA) is 55.5 Å². The Morgan fingerprint density at radius 3 is 2.38 bits per heavy atom. The molecule has 1 atom stereocenters. The molecule has 2 aliphatic rings. The van der Waals surface area contributed by atoms with Gasteiger partial charge in [-0.15, -0.1) is 0 Å². The lowest BCUT2D eigenvalue weighted by atomic mass is 9.61. The van der Waals surface area contributed by atoms with E-state index in [2.05, 4.69) is 0 Å². The first kappa shape index (κ1) is 12.3. The Labute approximate surface area is 98.4 Å². The third-order valence-corrected chi connectivity index (χ3v) is 4.73. The predicted molar refractivity (Wildman–Crippen MR) is 64.2 cm³/mol. The first-order valence-corrected chi connectivity index (χ1v) is 6.73. The molecule has 3 heteroatoms. The third kappa shape index (κ3) is 2.13. The van der Waals surface area contributed by atoms with Crippen LogP contribution in [0.3, 0.4) is 0 Å². The fraction of sp³-hybridized carbons (Fsp3) is 1.00. The van der Waals surface area contributed by atoms with Crippen molar-refractivity contribution in [2.24, 2.45) is 11.1 Å². The van der Waals surface area contributed by atoms with Crippen molar-refractivity contribution in [2.45, 2.75) is 57.0 Å². The normalized spacial score (nSPS) is 35.6. The monoisotopic (exact) mass is 227 g/mol. The van der Waals surface area contributed by atoms with E-state index in [0.717, 1.165) is 38.7 Å². The van der Waals surface area contributed by atoms with Crippen molar-refractivity contribution in [3.05, 3.63) is 0 Å². The average molecular weight is 227 g/mol. The summed E-state index contributed by atoms with van der Waals surface area (Å²) >= 11 is 0. The van der Waals surface area contributed by atoms with Gasteiger partial charge in [0.2, 0.25) is 0 Å². The van der Waals surface area contributed by atoms with Crippen LogP contribution in [0.15, 0.2) is 0 Å². The second kappa shape index (κ2) is 5.03. The maximum absolute atomic E-state index is 11.0. The fourth-order valence-corrected chi connectivity index (χ4v) is 3.55. The van der Waals surface area contributed by atoms with Crippen molar-refractivity contribution >= 4 is 0 Å². The van der Waals surface area contributed by atoms with Crippen LogP contribution < -0.4 is 5.73 Å². The third-order valence-electron chi connectivity index (χ3n) is 4.73. The standard InChI is InChI=1S/C13H25NO2/c14-11-12(5-2-1-3-6-12)13(15)7-4-9-16-10-8-13/h15H,1-11,14H2. The first-order valence-electron chi connectivity index (χ1n) is 6.73. The number of rotatable bonds is 2. The van der Waals surface area contributed by atoms with Crippen LogP contribution in [0.4, 0.5) is 0 Å². The minimum Gasteiger partial charge on any atom is -0.389 e. The van der Waals surface area contributed by atoms with Crippen LogP contribution in [0.25, 0.3) is 0 Å². The van der Waals surface area contributed by atoms with Crippen molar-refractivity contribution in [2.75, 3.05) is 19.8 Å². The minimum absolute atomic E-state index is 0.0288. The molecular formula is C13H25NO2. The summed E-state index contributed by atoms with van der Waals surface area (Å²) in [6, 6.07) is 0. The van der Waals surface area contributed by atoms with E-state index in [4.69, 9.17) is 10.5 Å². The van der Waals surface area contributed by atoms with Gasteiger partial charge in [0, 0.05) is 31.6 Å². The van der Waals surface area contributed by atoms with E-state index in [1.165, 1.54) is 19.3 Å². The first-order chi connectivity index (χ1) is 7.72. The van der Waals surface area contributed by atoms with Crippen molar-refractivity contribution in [1.82, 2.24) is 0 Å². The Hall–Kier alpha value is -0.120. The van der Waals surface area contributed by atoms with Gasteiger partial charge in [0.25, 0.3) is 0 Å². The fourth-order valence-electron chi connectivity index (χ4n) is 3.55. The molecule has 0 bridgehead atoms. The summed E-state index contributed by atoms with van der Waals surface area (Å²) in [5, 5.41) is 11.0. The van der Waals surface area contributed by atoms with Crippen LogP contribution in [0.2, 0.25) is 0 Å². The molecule has 1 saturated heterocycles. The highest BCUT2D eigenvalue weighted by atomic mass is 16.5. The summed E-state index contributed by atoms with van der Waals surface area (Å²) < 4.78 is 5.47. The van der Waals surface area contributed by atoms with Gasteiger partial charge in [-0.1, -0.05) is 19.3 Å². The van der Waals surface area contributed by atoms with Crippen LogP contribution >= 0.6 is 0 Å². The molecule has 0 aromatic heterocycles. The Balaban J connectivity index is 2.16. The molecule has 0 radical (unpaired) electrons. The quantitative estimate of drug-likeness (QED) is 0.756. The summed E-state index contributed by atoms with van der Waals surface area (Å²) in [6.07, 6.45) is 8.54. The molecule has 16 heavy (non-hydrogen) atoms. The van der Waals surface area contributed by atoms with Gasteiger partial charge in [-0.05, 0) is 25.7 Å². The molecule has 1 unspecified atom stereocenters. The second-order valence-electron chi connectivity index (χ2n) is 5.54. The Morgan fingerprint density at radius 2 is 1.69 bits per heavy atom. The van der Waals surface area contributed by atoms with Crippen LogP contribution in [0.5, 0.6) is 0 Å². The molecule has 1 saturated carbocycles. The van der Waals surface area contributed by atoms with E-state index in [9.17, 15) is 5.11 Å². The van der Waals surface area contributed by atoms with Gasteiger partial charge in [-0.25, -0.2) is 0 Å². The van der Waals surface area contributed by atoms with E-state index < -0.39 is 5.60 Å². The van der Waals surface area contributed by atoms with Crippen molar-refractivity contribution in [1.29, 1.82) is 0 Å². The summed E-state index contributed by atoms with van der Waals surface area (Å²) in [4.78, 5) is 0. The average Bonchev–Trinajstić information content (AvgIpc) is 2.56. The lowest BCUT2D eigenvalue weighted by Gasteiger charge is -2.49. The van der Waals surface area contributed by atoms with Gasteiger partial charge in [0.15, 0.2) is 0 Å².